The van der Waals surface area contributed by atoms with E-state index < -0.39 is 11.4 Å². The first kappa shape index (κ1) is 13.7. The van der Waals surface area contributed by atoms with Crippen molar-refractivity contribution in [3.8, 4) is 0 Å². The molecule has 98 valence electrons. The number of benzene rings is 3. The summed E-state index contributed by atoms with van der Waals surface area (Å²) in [7, 11) is 0. The van der Waals surface area contributed by atoms with Crippen LogP contribution in [0.4, 0.5) is 0 Å². The van der Waals surface area contributed by atoms with Crippen LogP contribution in [-0.4, -0.2) is 11.4 Å². The normalized spacial score (nSPS) is 11.2. The van der Waals surface area contributed by atoms with Crippen molar-refractivity contribution in [1.29, 1.82) is 0 Å². The minimum absolute atomic E-state index is 1.42. The van der Waals surface area contributed by atoms with Crippen molar-refractivity contribution in [3.05, 3.63) is 91.0 Å². The van der Waals surface area contributed by atoms with Gasteiger partial charge >= 0.3 is 130 Å². The third-order valence-corrected chi connectivity index (χ3v) is 17.8. The Bertz CT molecular complexity index is 569. The molecule has 0 aliphatic carbocycles. The molecule has 0 bridgehead atoms. The average Bonchev–Trinajstić information content (AvgIpc) is 2.56. The molecular formula is C18H15BrGe. The zero-order chi connectivity index (χ0) is 13.8. The summed E-state index contributed by atoms with van der Waals surface area (Å²) in [5.41, 5.74) is 0. The Kier molecular flexibility index (Phi) is 4.08. The van der Waals surface area contributed by atoms with Crippen LogP contribution in [0.5, 0.6) is 0 Å². The molecule has 0 amide bonds. The molecule has 20 heavy (non-hydrogen) atoms. The fourth-order valence-corrected chi connectivity index (χ4v) is 12.8. The van der Waals surface area contributed by atoms with Crippen molar-refractivity contribution >= 4 is 38.6 Å². The first-order chi connectivity index (χ1) is 9.82. The van der Waals surface area contributed by atoms with Crippen LogP contribution in [-0.2, 0) is 0 Å². The van der Waals surface area contributed by atoms with Crippen LogP contribution in [0.15, 0.2) is 91.0 Å². The van der Waals surface area contributed by atoms with E-state index in [0.29, 0.717) is 0 Å². The van der Waals surface area contributed by atoms with Crippen LogP contribution in [0.25, 0.3) is 0 Å². The zero-order valence-corrected chi connectivity index (χ0v) is 14.7. The van der Waals surface area contributed by atoms with Gasteiger partial charge in [-0.05, 0) is 0 Å². The molecule has 0 aromatic heterocycles. The second-order valence-corrected chi connectivity index (χ2v) is 17.3. The number of halogens is 1. The molecule has 3 aromatic rings. The maximum absolute atomic E-state index is 4.20. The molecule has 0 radical (unpaired) electrons. The van der Waals surface area contributed by atoms with Gasteiger partial charge in [-0.2, -0.15) is 0 Å². The van der Waals surface area contributed by atoms with E-state index in [1.54, 1.807) is 0 Å². The van der Waals surface area contributed by atoms with E-state index in [1.165, 1.54) is 13.2 Å². The Balaban J connectivity index is 2.24. The van der Waals surface area contributed by atoms with Crippen molar-refractivity contribution in [2.24, 2.45) is 0 Å². The maximum atomic E-state index is 4.20. The van der Waals surface area contributed by atoms with Gasteiger partial charge in [0.2, 0.25) is 0 Å². The Morgan fingerprint density at radius 2 is 0.700 bits per heavy atom. The van der Waals surface area contributed by atoms with Crippen LogP contribution < -0.4 is 13.2 Å². The minimum atomic E-state index is -2.68. The molecule has 0 spiro atoms. The van der Waals surface area contributed by atoms with Gasteiger partial charge in [-0.1, -0.05) is 0 Å². The Morgan fingerprint density at radius 3 is 0.950 bits per heavy atom. The van der Waals surface area contributed by atoms with Crippen LogP contribution in [0, 0.1) is 0 Å². The summed E-state index contributed by atoms with van der Waals surface area (Å²) in [6.07, 6.45) is 0. The third-order valence-electron chi connectivity index (χ3n) is 3.51. The predicted molar refractivity (Wildman–Crippen MR) is 92.9 cm³/mol. The van der Waals surface area contributed by atoms with E-state index >= 15 is 0 Å². The van der Waals surface area contributed by atoms with Gasteiger partial charge in [0.15, 0.2) is 0 Å². The van der Waals surface area contributed by atoms with Gasteiger partial charge < -0.3 is 0 Å². The fourth-order valence-electron chi connectivity index (χ4n) is 2.50. The summed E-state index contributed by atoms with van der Waals surface area (Å²) in [6, 6.07) is 32.5. The molecule has 0 aliphatic heterocycles. The molecule has 0 unspecified atom stereocenters. The van der Waals surface area contributed by atoms with Crippen molar-refractivity contribution in [1.82, 2.24) is 0 Å². The molecule has 0 atom stereocenters. The van der Waals surface area contributed by atoms with Crippen LogP contribution >= 0.6 is 14.0 Å². The Hall–Kier alpha value is -1.32. The SMILES string of the molecule is [Br][Ge]([c]1ccccc1)([c]1ccccc1)[c]1ccccc1. The summed E-state index contributed by atoms with van der Waals surface area (Å²) in [5.74, 6) is 0. The first-order valence-electron chi connectivity index (χ1n) is 6.67. The zero-order valence-electron chi connectivity index (χ0n) is 11.0. The van der Waals surface area contributed by atoms with Crippen LogP contribution in [0.1, 0.15) is 0 Å². The second kappa shape index (κ2) is 5.98. The summed E-state index contributed by atoms with van der Waals surface area (Å²) in [5, 5.41) is 0. The molecule has 3 rings (SSSR count). The first-order valence-corrected chi connectivity index (χ1v) is 14.7. The van der Waals surface area contributed by atoms with Gasteiger partial charge in [0.25, 0.3) is 0 Å². The molecule has 0 saturated carbocycles. The van der Waals surface area contributed by atoms with Gasteiger partial charge in [0.05, 0.1) is 0 Å². The molecule has 0 heterocycles. The van der Waals surface area contributed by atoms with E-state index in [0.717, 1.165) is 0 Å². The van der Waals surface area contributed by atoms with E-state index in [-0.39, 0.29) is 0 Å². The molecule has 0 fully saturated rings. The molecule has 3 aromatic carbocycles. The van der Waals surface area contributed by atoms with Crippen molar-refractivity contribution < 1.29 is 0 Å². The number of rotatable bonds is 3. The molecule has 2 heteroatoms. The molecule has 0 nitrogen and oxygen atoms in total. The van der Waals surface area contributed by atoms with E-state index in [4.69, 9.17) is 0 Å². The van der Waals surface area contributed by atoms with Crippen molar-refractivity contribution in [2.75, 3.05) is 0 Å². The third kappa shape index (κ3) is 2.48. The van der Waals surface area contributed by atoms with Crippen molar-refractivity contribution in [2.45, 2.75) is 0 Å². The summed E-state index contributed by atoms with van der Waals surface area (Å²) >= 11 is 1.52. The monoisotopic (exact) mass is 384 g/mol. The van der Waals surface area contributed by atoms with E-state index in [2.05, 4.69) is 105 Å². The fraction of sp³-hybridized carbons (Fsp3) is 0. The van der Waals surface area contributed by atoms with E-state index in [1.807, 2.05) is 0 Å². The van der Waals surface area contributed by atoms with E-state index in [9.17, 15) is 0 Å². The molecule has 0 N–H and O–H groups in total. The standard InChI is InChI=1S/C18H15BrGe/c19-20(16-10-4-1-5-11-16,17-12-6-2-7-13-17)18-14-8-3-9-15-18/h1-15H. The number of hydrogen-bond acceptors (Lipinski definition) is 0. The van der Waals surface area contributed by atoms with Gasteiger partial charge in [0.1, 0.15) is 0 Å². The Morgan fingerprint density at radius 1 is 0.450 bits per heavy atom. The molecule has 0 aliphatic rings. The summed E-state index contributed by atoms with van der Waals surface area (Å²) < 4.78 is 4.26. The van der Waals surface area contributed by atoms with Gasteiger partial charge in [-0.25, -0.2) is 0 Å². The second-order valence-electron chi connectivity index (χ2n) is 4.76. The Labute approximate surface area is 129 Å². The van der Waals surface area contributed by atoms with Crippen molar-refractivity contribution in [3.63, 3.8) is 0 Å². The van der Waals surface area contributed by atoms with Gasteiger partial charge in [0, 0.05) is 0 Å². The summed E-state index contributed by atoms with van der Waals surface area (Å²) in [6.45, 7) is 0. The quantitative estimate of drug-likeness (QED) is 0.610. The molecular weight excluding hydrogens is 369 g/mol. The van der Waals surface area contributed by atoms with Crippen LogP contribution in [0.2, 0.25) is 0 Å². The average molecular weight is 384 g/mol. The summed E-state index contributed by atoms with van der Waals surface area (Å²) in [4.78, 5) is 0. The predicted octanol–water partition coefficient (Wildman–Crippen LogP) is 3.05. The molecule has 0 saturated heterocycles. The van der Waals surface area contributed by atoms with Gasteiger partial charge in [-0.3, -0.25) is 0 Å². The number of hydrogen-bond donors (Lipinski definition) is 0. The topological polar surface area (TPSA) is 0 Å². The van der Waals surface area contributed by atoms with Gasteiger partial charge in [-0.15, -0.1) is 0 Å². The van der Waals surface area contributed by atoms with Crippen LogP contribution in [0.3, 0.4) is 0 Å².